The Balaban J connectivity index is 2.08. The first-order valence-corrected chi connectivity index (χ1v) is 6.22. The van der Waals surface area contributed by atoms with Gasteiger partial charge in [0.15, 0.2) is 0 Å². The van der Waals surface area contributed by atoms with E-state index in [-0.39, 0.29) is 17.8 Å². The maximum Gasteiger partial charge on any atom is 0.278 e. The van der Waals surface area contributed by atoms with Gasteiger partial charge in [-0.15, -0.1) is 0 Å². The van der Waals surface area contributed by atoms with Crippen molar-refractivity contribution >= 4 is 16.6 Å². The van der Waals surface area contributed by atoms with Crippen molar-refractivity contribution in [2.45, 2.75) is 6.54 Å². The number of hydrogen-bond donors (Lipinski definition) is 0. The van der Waals surface area contributed by atoms with E-state index in [9.17, 15) is 18.9 Å². The van der Waals surface area contributed by atoms with Gasteiger partial charge in [0.25, 0.3) is 5.69 Å². The fraction of sp³-hybridized carbons (Fsp3) is 0.0667. The third-order valence-corrected chi connectivity index (χ3v) is 3.34. The van der Waals surface area contributed by atoms with Crippen LogP contribution in [-0.2, 0) is 6.54 Å². The van der Waals surface area contributed by atoms with Crippen LogP contribution in [0.5, 0.6) is 0 Å². The Morgan fingerprint density at radius 2 is 1.95 bits per heavy atom. The Hall–Kier alpha value is -2.76. The normalized spacial score (nSPS) is 11.0. The fourth-order valence-electron chi connectivity index (χ4n) is 2.35. The molecule has 0 amide bonds. The first-order valence-electron chi connectivity index (χ1n) is 6.22. The van der Waals surface area contributed by atoms with Crippen LogP contribution in [-0.4, -0.2) is 9.49 Å². The van der Waals surface area contributed by atoms with Gasteiger partial charge in [0.2, 0.25) is 0 Å². The molecule has 0 spiro atoms. The van der Waals surface area contributed by atoms with Crippen molar-refractivity contribution in [2.75, 3.05) is 0 Å². The maximum atomic E-state index is 13.7. The zero-order chi connectivity index (χ0) is 15.0. The molecule has 0 bridgehead atoms. The van der Waals surface area contributed by atoms with Gasteiger partial charge >= 0.3 is 0 Å². The molecule has 0 saturated heterocycles. The molecule has 0 radical (unpaired) electrons. The fourth-order valence-corrected chi connectivity index (χ4v) is 2.35. The minimum atomic E-state index is -0.520. The minimum Gasteiger partial charge on any atom is -0.343 e. The van der Waals surface area contributed by atoms with E-state index in [1.165, 1.54) is 6.07 Å². The molecule has 0 fully saturated rings. The highest BCUT2D eigenvalue weighted by Crippen LogP contribution is 2.27. The van der Waals surface area contributed by atoms with Gasteiger partial charge in [-0.2, -0.15) is 0 Å². The predicted octanol–water partition coefficient (Wildman–Crippen LogP) is 3.88. The van der Waals surface area contributed by atoms with Crippen LogP contribution in [0.3, 0.4) is 0 Å². The van der Waals surface area contributed by atoms with Gasteiger partial charge in [-0.3, -0.25) is 10.1 Å². The first kappa shape index (κ1) is 13.2. The molecule has 106 valence electrons. The number of non-ortho nitro benzene ring substituents is 1. The van der Waals surface area contributed by atoms with Crippen molar-refractivity contribution in [3.63, 3.8) is 0 Å². The molecule has 3 aromatic rings. The summed E-state index contributed by atoms with van der Waals surface area (Å²) >= 11 is 0. The molecule has 0 aliphatic carbocycles. The van der Waals surface area contributed by atoms with Crippen molar-refractivity contribution in [1.29, 1.82) is 0 Å². The highest BCUT2D eigenvalue weighted by atomic mass is 19.1. The number of hydrogen-bond acceptors (Lipinski definition) is 2. The second kappa shape index (κ2) is 4.97. The van der Waals surface area contributed by atoms with Crippen LogP contribution in [0.15, 0.2) is 48.7 Å². The summed E-state index contributed by atoms with van der Waals surface area (Å²) in [7, 11) is 0. The molecule has 2 aromatic carbocycles. The number of rotatable bonds is 3. The number of halogens is 2. The Labute approximate surface area is 118 Å². The Morgan fingerprint density at radius 3 is 2.71 bits per heavy atom. The topological polar surface area (TPSA) is 48.1 Å². The van der Waals surface area contributed by atoms with Crippen molar-refractivity contribution in [1.82, 2.24) is 4.57 Å². The molecule has 1 aromatic heterocycles. The van der Waals surface area contributed by atoms with Crippen molar-refractivity contribution < 1.29 is 13.7 Å². The average molecular weight is 288 g/mol. The molecule has 0 N–H and O–H groups in total. The van der Waals surface area contributed by atoms with Crippen molar-refractivity contribution in [2.24, 2.45) is 0 Å². The summed E-state index contributed by atoms with van der Waals surface area (Å²) in [4.78, 5) is 10.5. The van der Waals surface area contributed by atoms with Crippen LogP contribution in [0.25, 0.3) is 10.9 Å². The molecule has 21 heavy (non-hydrogen) atoms. The van der Waals surface area contributed by atoms with Gasteiger partial charge in [0, 0.05) is 17.8 Å². The maximum absolute atomic E-state index is 13.7. The van der Waals surface area contributed by atoms with Gasteiger partial charge in [-0.05, 0) is 30.3 Å². The molecule has 0 saturated carbocycles. The van der Waals surface area contributed by atoms with E-state index in [1.54, 1.807) is 29.0 Å². The first-order chi connectivity index (χ1) is 10.1. The van der Waals surface area contributed by atoms with Gasteiger partial charge < -0.3 is 4.57 Å². The van der Waals surface area contributed by atoms with E-state index in [0.29, 0.717) is 10.9 Å². The number of nitrogens with zero attached hydrogens (tertiary/aromatic N) is 2. The number of nitro benzene ring substituents is 1. The molecule has 6 heteroatoms. The predicted molar refractivity (Wildman–Crippen MR) is 74.1 cm³/mol. The van der Waals surface area contributed by atoms with Gasteiger partial charge in [-0.1, -0.05) is 6.07 Å². The molecule has 0 atom stereocenters. The van der Waals surface area contributed by atoms with E-state index in [1.807, 2.05) is 0 Å². The lowest BCUT2D eigenvalue weighted by Crippen LogP contribution is -2.01. The largest absolute Gasteiger partial charge is 0.343 e. The van der Waals surface area contributed by atoms with Crippen LogP contribution in [0, 0.1) is 21.7 Å². The lowest BCUT2D eigenvalue weighted by Gasteiger charge is -2.07. The van der Waals surface area contributed by atoms with Crippen LogP contribution < -0.4 is 0 Å². The summed E-state index contributed by atoms with van der Waals surface area (Å²) in [6.07, 6.45) is 1.63. The number of aromatic nitrogens is 1. The van der Waals surface area contributed by atoms with E-state index < -0.39 is 16.6 Å². The molecule has 1 heterocycles. The number of fused-ring (bicyclic) bond motifs is 1. The quantitative estimate of drug-likeness (QED) is 0.542. The lowest BCUT2D eigenvalue weighted by atomic mass is 10.2. The zero-order valence-corrected chi connectivity index (χ0v) is 10.8. The Kier molecular flexibility index (Phi) is 3.13. The second-order valence-electron chi connectivity index (χ2n) is 4.65. The van der Waals surface area contributed by atoms with Crippen molar-refractivity contribution in [3.8, 4) is 0 Å². The summed E-state index contributed by atoms with van der Waals surface area (Å²) in [6, 6.07) is 9.54. The molecule has 0 unspecified atom stereocenters. The smallest absolute Gasteiger partial charge is 0.278 e. The van der Waals surface area contributed by atoms with Crippen LogP contribution >= 0.6 is 0 Å². The Morgan fingerprint density at radius 1 is 1.14 bits per heavy atom. The lowest BCUT2D eigenvalue weighted by molar-refractivity contribution is -0.383. The average Bonchev–Trinajstić information content (AvgIpc) is 2.86. The Bertz CT molecular complexity index is 843. The second-order valence-corrected chi connectivity index (χ2v) is 4.65. The minimum absolute atomic E-state index is 0.00837. The van der Waals surface area contributed by atoms with Crippen LogP contribution in [0.2, 0.25) is 0 Å². The number of nitro groups is 1. The molecular formula is C15H10F2N2O2. The third-order valence-electron chi connectivity index (χ3n) is 3.34. The van der Waals surface area contributed by atoms with Crippen LogP contribution in [0.1, 0.15) is 5.56 Å². The van der Waals surface area contributed by atoms with Crippen LogP contribution in [0.4, 0.5) is 14.5 Å². The van der Waals surface area contributed by atoms with E-state index >= 15 is 0 Å². The molecule has 3 rings (SSSR count). The highest BCUT2D eigenvalue weighted by molar-refractivity contribution is 5.89. The molecule has 0 aliphatic rings. The van der Waals surface area contributed by atoms with E-state index in [2.05, 4.69) is 0 Å². The molecular weight excluding hydrogens is 278 g/mol. The van der Waals surface area contributed by atoms with Gasteiger partial charge in [-0.25, -0.2) is 8.78 Å². The summed E-state index contributed by atoms with van der Waals surface area (Å²) in [5.41, 5.74) is 0.790. The third kappa shape index (κ3) is 2.35. The zero-order valence-electron chi connectivity index (χ0n) is 10.8. The monoisotopic (exact) mass is 288 g/mol. The summed E-state index contributed by atoms with van der Waals surface area (Å²) in [5, 5.41) is 11.4. The standard InChI is InChI=1S/C15H10F2N2O2/c16-11-4-5-13(17)10(8-11)9-18-7-6-12-14(18)2-1-3-15(12)19(20)21/h1-8H,9H2. The summed E-state index contributed by atoms with van der Waals surface area (Å²) in [6.45, 7) is 0.105. The van der Waals surface area contributed by atoms with Gasteiger partial charge in [0.05, 0.1) is 22.4 Å². The summed E-state index contributed by atoms with van der Waals surface area (Å²) in [5.74, 6) is -1.03. The molecule has 4 nitrogen and oxygen atoms in total. The van der Waals surface area contributed by atoms with Crippen molar-refractivity contribution in [3.05, 3.63) is 76.0 Å². The number of benzene rings is 2. The molecule has 0 aliphatic heterocycles. The summed E-state index contributed by atoms with van der Waals surface area (Å²) < 4.78 is 28.5. The SMILES string of the molecule is O=[N+]([O-])c1cccc2c1ccn2Cc1cc(F)ccc1F. The highest BCUT2D eigenvalue weighted by Gasteiger charge is 2.14. The van der Waals surface area contributed by atoms with E-state index in [4.69, 9.17) is 0 Å². The van der Waals surface area contributed by atoms with E-state index in [0.717, 1.165) is 18.2 Å². The van der Waals surface area contributed by atoms with Gasteiger partial charge in [0.1, 0.15) is 11.6 Å².